The van der Waals surface area contributed by atoms with Crippen LogP contribution in [0, 0.1) is 0 Å². The molecule has 1 amide bonds. The highest BCUT2D eigenvalue weighted by Crippen LogP contribution is 2.27. The molecule has 3 rings (SSSR count). The number of amides is 1. The van der Waals surface area contributed by atoms with Crippen molar-refractivity contribution in [2.45, 2.75) is 32.1 Å². The Morgan fingerprint density at radius 1 is 1.22 bits per heavy atom. The van der Waals surface area contributed by atoms with Gasteiger partial charge in [0.15, 0.2) is 5.96 Å². The van der Waals surface area contributed by atoms with Crippen molar-refractivity contribution in [2.75, 3.05) is 31.6 Å². The average molecular weight is 385 g/mol. The third kappa shape index (κ3) is 4.69. The third-order valence-corrected chi connectivity index (χ3v) is 6.16. The summed E-state index contributed by atoms with van der Waals surface area (Å²) in [6.07, 6.45) is 2.04. The highest BCUT2D eigenvalue weighted by Gasteiger charge is 2.24. The molecule has 2 heterocycles. The maximum absolute atomic E-state index is 12.8. The zero-order chi connectivity index (χ0) is 19.3. The van der Waals surface area contributed by atoms with Crippen molar-refractivity contribution >= 4 is 28.9 Å². The summed E-state index contributed by atoms with van der Waals surface area (Å²) in [4.78, 5) is 20.2. The molecule has 2 aromatic rings. The molecule has 6 heteroatoms. The molecular weight excluding hydrogens is 356 g/mol. The number of thiophene rings is 1. The average Bonchev–Trinajstić information content (AvgIpc) is 3.23. The van der Waals surface area contributed by atoms with E-state index in [0.717, 1.165) is 31.6 Å². The van der Waals surface area contributed by atoms with Crippen LogP contribution in [0.3, 0.4) is 0 Å². The van der Waals surface area contributed by atoms with Crippen LogP contribution in [-0.4, -0.2) is 38.5 Å². The van der Waals surface area contributed by atoms with Crippen molar-refractivity contribution in [3.05, 3.63) is 52.2 Å². The van der Waals surface area contributed by atoms with E-state index in [1.54, 1.807) is 18.4 Å². The lowest BCUT2D eigenvalue weighted by atomic mass is 9.91. The second-order valence-electron chi connectivity index (χ2n) is 7.42. The Labute approximate surface area is 165 Å². The monoisotopic (exact) mass is 384 g/mol. The summed E-state index contributed by atoms with van der Waals surface area (Å²) in [6.45, 7) is 6.15. The number of para-hydroxylation sites is 1. The number of hydrogen-bond donors (Lipinski definition) is 2. The first-order chi connectivity index (χ1) is 13.0. The van der Waals surface area contributed by atoms with Crippen molar-refractivity contribution in [3.63, 3.8) is 0 Å². The Balaban J connectivity index is 1.55. The fourth-order valence-corrected chi connectivity index (χ4v) is 4.18. The Morgan fingerprint density at radius 2 is 2.04 bits per heavy atom. The van der Waals surface area contributed by atoms with E-state index in [0.29, 0.717) is 5.96 Å². The summed E-state index contributed by atoms with van der Waals surface area (Å²) < 4.78 is 0. The van der Waals surface area contributed by atoms with Crippen LogP contribution >= 0.6 is 11.3 Å². The van der Waals surface area contributed by atoms with E-state index in [1.807, 2.05) is 23.1 Å². The van der Waals surface area contributed by atoms with E-state index in [4.69, 9.17) is 0 Å². The normalized spacial score (nSPS) is 14.6. The topological polar surface area (TPSA) is 56.7 Å². The van der Waals surface area contributed by atoms with Crippen LogP contribution in [-0.2, 0) is 16.6 Å². The molecule has 0 unspecified atom stereocenters. The van der Waals surface area contributed by atoms with Crippen molar-refractivity contribution in [1.82, 2.24) is 10.6 Å². The number of nitrogens with zero attached hydrogens (tertiary/aromatic N) is 2. The summed E-state index contributed by atoms with van der Waals surface area (Å²) in [5.41, 5.74) is 2.29. The van der Waals surface area contributed by atoms with Gasteiger partial charge in [-0.05, 0) is 35.9 Å². The molecule has 1 aliphatic rings. The molecule has 0 spiro atoms. The molecule has 2 N–H and O–H groups in total. The number of benzene rings is 1. The van der Waals surface area contributed by atoms with Crippen LogP contribution < -0.4 is 15.5 Å². The van der Waals surface area contributed by atoms with Gasteiger partial charge < -0.3 is 15.5 Å². The molecule has 0 saturated carbocycles. The van der Waals surface area contributed by atoms with Gasteiger partial charge in [-0.15, -0.1) is 11.3 Å². The van der Waals surface area contributed by atoms with Gasteiger partial charge in [0.25, 0.3) is 0 Å². The quantitative estimate of drug-likeness (QED) is 0.615. The number of carbonyl (C=O) groups excluding carboxylic acids is 1. The molecule has 144 valence electrons. The number of anilines is 1. The van der Waals surface area contributed by atoms with Gasteiger partial charge in [-0.1, -0.05) is 38.1 Å². The molecule has 0 bridgehead atoms. The molecule has 5 nitrogen and oxygen atoms in total. The maximum Gasteiger partial charge on any atom is 0.246 e. The summed E-state index contributed by atoms with van der Waals surface area (Å²) in [5.74, 6) is 0.723. The Hall–Kier alpha value is -2.34. The maximum atomic E-state index is 12.8. The molecule has 1 aromatic carbocycles. The standard InChI is InChI=1S/C21H28N4OS/c1-21(2,18-11-7-13-27-18)15-24-20(22-3)23-14-19(26)25-12-6-9-16-8-4-5-10-17(16)25/h4-5,7-8,10-11,13H,6,9,12,14-15H2,1-3H3,(H2,22,23,24). The fraction of sp³-hybridized carbons (Fsp3) is 0.429. The van der Waals surface area contributed by atoms with Gasteiger partial charge in [0.2, 0.25) is 5.91 Å². The van der Waals surface area contributed by atoms with Crippen LogP contribution in [0.25, 0.3) is 0 Å². The molecule has 1 aromatic heterocycles. The Kier molecular flexibility index (Phi) is 6.16. The highest BCUT2D eigenvalue weighted by molar-refractivity contribution is 7.10. The minimum Gasteiger partial charge on any atom is -0.356 e. The first-order valence-electron chi connectivity index (χ1n) is 9.38. The predicted octanol–water partition coefficient (Wildman–Crippen LogP) is 3.17. The van der Waals surface area contributed by atoms with Crippen molar-refractivity contribution < 1.29 is 4.79 Å². The van der Waals surface area contributed by atoms with Gasteiger partial charge in [0, 0.05) is 36.1 Å². The van der Waals surface area contributed by atoms with Crippen LogP contribution in [0.4, 0.5) is 5.69 Å². The molecule has 0 fully saturated rings. The first-order valence-corrected chi connectivity index (χ1v) is 10.3. The highest BCUT2D eigenvalue weighted by atomic mass is 32.1. The number of hydrogen-bond acceptors (Lipinski definition) is 3. The van der Waals surface area contributed by atoms with Gasteiger partial charge in [0.1, 0.15) is 0 Å². The lowest BCUT2D eigenvalue weighted by Crippen LogP contribution is -2.48. The summed E-state index contributed by atoms with van der Waals surface area (Å²) in [6, 6.07) is 12.4. The van der Waals surface area contributed by atoms with Gasteiger partial charge in [-0.2, -0.15) is 0 Å². The van der Waals surface area contributed by atoms with E-state index >= 15 is 0 Å². The van der Waals surface area contributed by atoms with Crippen LogP contribution in [0.1, 0.15) is 30.7 Å². The SMILES string of the molecule is CN=C(NCC(=O)N1CCCc2ccccc21)NCC(C)(C)c1cccs1. The van der Waals surface area contributed by atoms with Gasteiger partial charge in [0.05, 0.1) is 6.54 Å². The number of rotatable bonds is 5. The molecule has 0 saturated heterocycles. The Bertz CT molecular complexity index is 798. The van der Waals surface area contributed by atoms with Gasteiger partial charge in [-0.3, -0.25) is 9.79 Å². The minimum absolute atomic E-state index is 0.00159. The largest absolute Gasteiger partial charge is 0.356 e. The number of guanidine groups is 1. The summed E-state index contributed by atoms with van der Waals surface area (Å²) >= 11 is 1.76. The number of aryl methyl sites for hydroxylation is 1. The van der Waals surface area contributed by atoms with E-state index < -0.39 is 0 Å². The predicted molar refractivity (Wildman–Crippen MR) is 114 cm³/mol. The van der Waals surface area contributed by atoms with Crippen LogP contribution in [0.15, 0.2) is 46.8 Å². The third-order valence-electron chi connectivity index (χ3n) is 4.93. The molecule has 0 radical (unpaired) electrons. The van der Waals surface area contributed by atoms with Gasteiger partial charge in [-0.25, -0.2) is 0 Å². The van der Waals surface area contributed by atoms with Gasteiger partial charge >= 0.3 is 0 Å². The smallest absolute Gasteiger partial charge is 0.246 e. The molecule has 27 heavy (non-hydrogen) atoms. The van der Waals surface area contributed by atoms with E-state index in [9.17, 15) is 4.79 Å². The number of nitrogens with one attached hydrogen (secondary N) is 2. The second kappa shape index (κ2) is 8.57. The van der Waals surface area contributed by atoms with Crippen LogP contribution in [0.2, 0.25) is 0 Å². The minimum atomic E-state index is 0.00159. The number of fused-ring (bicyclic) bond motifs is 1. The summed E-state index contributed by atoms with van der Waals surface area (Å²) in [7, 11) is 1.73. The Morgan fingerprint density at radius 3 is 2.78 bits per heavy atom. The van der Waals surface area contributed by atoms with E-state index in [1.165, 1.54) is 10.4 Å². The van der Waals surface area contributed by atoms with E-state index in [2.05, 4.69) is 53.1 Å². The molecule has 1 aliphatic heterocycles. The van der Waals surface area contributed by atoms with Crippen molar-refractivity contribution in [3.8, 4) is 0 Å². The van der Waals surface area contributed by atoms with E-state index in [-0.39, 0.29) is 17.9 Å². The first kappa shape index (κ1) is 19.4. The lowest BCUT2D eigenvalue weighted by molar-refractivity contribution is -0.117. The second-order valence-corrected chi connectivity index (χ2v) is 8.37. The fourth-order valence-electron chi connectivity index (χ4n) is 3.32. The zero-order valence-electron chi connectivity index (χ0n) is 16.3. The molecule has 0 aliphatic carbocycles. The molecular formula is C21H28N4OS. The lowest BCUT2D eigenvalue weighted by Gasteiger charge is -2.30. The number of carbonyl (C=O) groups is 1. The van der Waals surface area contributed by atoms with Crippen LogP contribution in [0.5, 0.6) is 0 Å². The van der Waals surface area contributed by atoms with Crippen molar-refractivity contribution in [2.24, 2.45) is 4.99 Å². The summed E-state index contributed by atoms with van der Waals surface area (Å²) in [5, 5.41) is 8.61. The number of aliphatic imine (C=N–C) groups is 1. The molecule has 0 atom stereocenters. The van der Waals surface area contributed by atoms with Crippen molar-refractivity contribution in [1.29, 1.82) is 0 Å². The zero-order valence-corrected chi connectivity index (χ0v) is 17.1.